The summed E-state index contributed by atoms with van der Waals surface area (Å²) >= 11 is 0. The maximum absolute atomic E-state index is 14.1. The summed E-state index contributed by atoms with van der Waals surface area (Å²) in [6, 6.07) is 14.5. The van der Waals surface area contributed by atoms with Gasteiger partial charge in [-0.25, -0.2) is 4.39 Å². The molecule has 0 radical (unpaired) electrons. The molecule has 0 atom stereocenters. The molecular formula is C17H16FN3O. The molecule has 3 aromatic rings. The van der Waals surface area contributed by atoms with Crippen LogP contribution in [-0.2, 0) is 0 Å². The first-order valence-electron chi connectivity index (χ1n) is 6.89. The van der Waals surface area contributed by atoms with Crippen LogP contribution in [0.15, 0.2) is 48.5 Å². The summed E-state index contributed by atoms with van der Waals surface area (Å²) in [5.74, 6) is 0.142. The Kier molecular flexibility index (Phi) is 3.78. The van der Waals surface area contributed by atoms with E-state index >= 15 is 0 Å². The van der Waals surface area contributed by atoms with Crippen LogP contribution in [0, 0.1) is 5.82 Å². The van der Waals surface area contributed by atoms with E-state index in [-0.39, 0.29) is 5.82 Å². The van der Waals surface area contributed by atoms with Crippen molar-refractivity contribution >= 4 is 5.69 Å². The van der Waals surface area contributed by atoms with Crippen LogP contribution in [0.25, 0.3) is 22.5 Å². The predicted octanol–water partition coefficient (Wildman–Crippen LogP) is 3.93. The van der Waals surface area contributed by atoms with E-state index in [9.17, 15) is 4.39 Å². The van der Waals surface area contributed by atoms with Gasteiger partial charge < -0.3 is 10.1 Å². The van der Waals surface area contributed by atoms with E-state index in [0.29, 0.717) is 17.0 Å². The maximum Gasteiger partial charge on any atom is 0.136 e. The van der Waals surface area contributed by atoms with Crippen LogP contribution in [0.3, 0.4) is 0 Å². The largest absolute Gasteiger partial charge is 0.497 e. The molecule has 0 amide bonds. The fraction of sp³-hybridized carbons (Fsp3) is 0.118. The molecule has 112 valence electrons. The van der Waals surface area contributed by atoms with Crippen LogP contribution >= 0.6 is 0 Å². The van der Waals surface area contributed by atoms with Crippen molar-refractivity contribution in [2.45, 2.75) is 0 Å². The molecule has 0 saturated carbocycles. The van der Waals surface area contributed by atoms with Gasteiger partial charge in [-0.15, -0.1) is 0 Å². The first-order valence-corrected chi connectivity index (χ1v) is 6.89. The number of ether oxygens (including phenoxy) is 1. The molecule has 2 aromatic carbocycles. The molecule has 5 heteroatoms. The van der Waals surface area contributed by atoms with Gasteiger partial charge in [0.15, 0.2) is 0 Å². The van der Waals surface area contributed by atoms with Gasteiger partial charge in [0.2, 0.25) is 0 Å². The number of anilines is 1. The van der Waals surface area contributed by atoms with Crippen molar-refractivity contribution in [3.05, 3.63) is 54.3 Å². The highest BCUT2D eigenvalue weighted by molar-refractivity contribution is 5.70. The minimum atomic E-state index is -0.347. The second-order valence-electron chi connectivity index (χ2n) is 4.84. The number of aromatic nitrogens is 2. The van der Waals surface area contributed by atoms with E-state index in [1.54, 1.807) is 12.1 Å². The second-order valence-corrected chi connectivity index (χ2v) is 4.84. The summed E-state index contributed by atoms with van der Waals surface area (Å²) in [5, 5.41) is 10.2. The van der Waals surface area contributed by atoms with Gasteiger partial charge in [-0.05, 0) is 30.3 Å². The van der Waals surface area contributed by atoms with Crippen LogP contribution in [-0.4, -0.2) is 24.4 Å². The number of rotatable bonds is 4. The number of methoxy groups -OCH3 is 1. The van der Waals surface area contributed by atoms with Gasteiger partial charge in [0.05, 0.1) is 18.5 Å². The Labute approximate surface area is 128 Å². The van der Waals surface area contributed by atoms with Crippen molar-refractivity contribution in [1.82, 2.24) is 10.2 Å². The summed E-state index contributed by atoms with van der Waals surface area (Å²) < 4.78 is 19.1. The van der Waals surface area contributed by atoms with Crippen LogP contribution < -0.4 is 10.1 Å². The van der Waals surface area contributed by atoms with Crippen LogP contribution in [0.4, 0.5) is 10.1 Å². The summed E-state index contributed by atoms with van der Waals surface area (Å²) in [6.45, 7) is 0. The third kappa shape index (κ3) is 2.65. The average Bonchev–Trinajstić information content (AvgIpc) is 3.04. The molecule has 2 N–H and O–H groups in total. The quantitative estimate of drug-likeness (QED) is 0.767. The fourth-order valence-electron chi connectivity index (χ4n) is 2.26. The molecule has 0 aliphatic rings. The number of benzene rings is 2. The number of nitrogens with one attached hydrogen (secondary N) is 2. The van der Waals surface area contributed by atoms with Crippen molar-refractivity contribution in [2.75, 3.05) is 19.5 Å². The van der Waals surface area contributed by atoms with E-state index < -0.39 is 0 Å². The Bertz CT molecular complexity index is 781. The highest BCUT2D eigenvalue weighted by atomic mass is 19.1. The standard InChI is InChI=1S/C17H16FN3O/c1-19-12-5-3-11(4-6-12)16-10-17(21-20-16)14-8-7-13(22-2)9-15(14)18/h3-10,19H,1-2H3,(H,20,21). The maximum atomic E-state index is 14.1. The van der Waals surface area contributed by atoms with E-state index in [1.807, 2.05) is 37.4 Å². The minimum absolute atomic E-state index is 0.347. The number of hydrogen-bond donors (Lipinski definition) is 2. The second kappa shape index (κ2) is 5.89. The topological polar surface area (TPSA) is 49.9 Å². The van der Waals surface area contributed by atoms with Crippen LogP contribution in [0.1, 0.15) is 0 Å². The molecule has 1 aromatic heterocycles. The van der Waals surface area contributed by atoms with Gasteiger partial charge >= 0.3 is 0 Å². The Morgan fingerprint density at radius 3 is 2.50 bits per heavy atom. The highest BCUT2D eigenvalue weighted by Crippen LogP contribution is 2.28. The molecule has 1 heterocycles. The van der Waals surface area contributed by atoms with Gasteiger partial charge in [-0.2, -0.15) is 5.10 Å². The number of aromatic amines is 1. The molecule has 0 fully saturated rings. The highest BCUT2D eigenvalue weighted by Gasteiger charge is 2.11. The lowest BCUT2D eigenvalue weighted by Gasteiger charge is -2.03. The van der Waals surface area contributed by atoms with Crippen molar-refractivity contribution in [3.63, 3.8) is 0 Å². The lowest BCUT2D eigenvalue weighted by atomic mass is 10.1. The van der Waals surface area contributed by atoms with Crippen molar-refractivity contribution in [2.24, 2.45) is 0 Å². The van der Waals surface area contributed by atoms with Crippen LogP contribution in [0.2, 0.25) is 0 Å². The molecule has 0 bridgehead atoms. The predicted molar refractivity (Wildman–Crippen MR) is 85.5 cm³/mol. The molecule has 0 unspecified atom stereocenters. The molecule has 22 heavy (non-hydrogen) atoms. The average molecular weight is 297 g/mol. The van der Waals surface area contributed by atoms with Crippen molar-refractivity contribution < 1.29 is 9.13 Å². The van der Waals surface area contributed by atoms with E-state index in [2.05, 4.69) is 15.5 Å². The third-order valence-electron chi connectivity index (χ3n) is 3.51. The molecule has 0 saturated heterocycles. The zero-order valence-electron chi connectivity index (χ0n) is 12.4. The van der Waals surface area contributed by atoms with Gasteiger partial charge in [-0.1, -0.05) is 12.1 Å². The Hall–Kier alpha value is -2.82. The van der Waals surface area contributed by atoms with Gasteiger partial charge in [-0.3, -0.25) is 5.10 Å². The first-order chi connectivity index (χ1) is 10.7. The molecular weight excluding hydrogens is 281 g/mol. The zero-order chi connectivity index (χ0) is 15.5. The Morgan fingerprint density at radius 2 is 1.86 bits per heavy atom. The Balaban J connectivity index is 1.93. The van der Waals surface area contributed by atoms with Gasteiger partial charge in [0.25, 0.3) is 0 Å². The van der Waals surface area contributed by atoms with E-state index in [0.717, 1.165) is 16.9 Å². The molecule has 0 spiro atoms. The first kappa shape index (κ1) is 14.1. The number of halogens is 1. The summed E-state index contributed by atoms with van der Waals surface area (Å²) in [6.07, 6.45) is 0. The number of H-pyrrole nitrogens is 1. The summed E-state index contributed by atoms with van der Waals surface area (Å²) in [7, 11) is 3.38. The molecule has 0 aliphatic heterocycles. The smallest absolute Gasteiger partial charge is 0.136 e. The normalized spacial score (nSPS) is 10.5. The van der Waals surface area contributed by atoms with Crippen molar-refractivity contribution in [3.8, 4) is 28.3 Å². The third-order valence-corrected chi connectivity index (χ3v) is 3.51. The molecule has 0 aliphatic carbocycles. The van der Waals surface area contributed by atoms with E-state index in [4.69, 9.17) is 4.74 Å². The van der Waals surface area contributed by atoms with Gasteiger partial charge in [0, 0.05) is 29.9 Å². The summed E-state index contributed by atoms with van der Waals surface area (Å²) in [5.41, 5.74) is 3.86. The Morgan fingerprint density at radius 1 is 1.09 bits per heavy atom. The molecule has 4 nitrogen and oxygen atoms in total. The zero-order valence-corrected chi connectivity index (χ0v) is 12.4. The lowest BCUT2D eigenvalue weighted by molar-refractivity contribution is 0.411. The SMILES string of the molecule is CNc1ccc(-c2cc(-c3ccc(OC)cc3F)[nH]n2)cc1. The van der Waals surface area contributed by atoms with Crippen LogP contribution in [0.5, 0.6) is 5.75 Å². The molecule has 3 rings (SSSR count). The minimum Gasteiger partial charge on any atom is -0.497 e. The number of hydrogen-bond acceptors (Lipinski definition) is 3. The lowest BCUT2D eigenvalue weighted by Crippen LogP contribution is -1.88. The number of nitrogens with zero attached hydrogens (tertiary/aromatic N) is 1. The summed E-state index contributed by atoms with van der Waals surface area (Å²) in [4.78, 5) is 0. The van der Waals surface area contributed by atoms with Gasteiger partial charge in [0.1, 0.15) is 11.6 Å². The monoisotopic (exact) mass is 297 g/mol. The van der Waals surface area contributed by atoms with Crippen molar-refractivity contribution in [1.29, 1.82) is 0 Å². The fourth-order valence-corrected chi connectivity index (χ4v) is 2.26. The van der Waals surface area contributed by atoms with E-state index in [1.165, 1.54) is 13.2 Å².